The summed E-state index contributed by atoms with van der Waals surface area (Å²) in [5.74, 6) is -5.57. The maximum atomic E-state index is 13.1. The summed E-state index contributed by atoms with van der Waals surface area (Å²) in [6.07, 6.45) is 0. The molecule has 1 aromatic rings. The van der Waals surface area contributed by atoms with E-state index in [-0.39, 0.29) is 12.1 Å². The van der Waals surface area contributed by atoms with E-state index in [4.69, 9.17) is 5.11 Å². The highest BCUT2D eigenvalue weighted by Crippen LogP contribution is 2.19. The first-order valence-corrected chi connectivity index (χ1v) is 5.64. The molecule has 3 N–H and O–H groups in total. The zero-order chi connectivity index (χ0) is 15.3. The maximum Gasteiger partial charge on any atom is 0.239 e. The number of nitrogens with one attached hydrogen (secondary N) is 2. The fraction of sp³-hybridized carbons (Fsp3) is 0.333. The number of hydrogen-bond acceptors (Lipinski definition) is 3. The molecule has 0 spiro atoms. The first kappa shape index (κ1) is 16.0. The maximum absolute atomic E-state index is 13.1. The van der Waals surface area contributed by atoms with Gasteiger partial charge in [-0.3, -0.25) is 9.59 Å². The van der Waals surface area contributed by atoms with Crippen molar-refractivity contribution in [2.24, 2.45) is 0 Å². The first-order chi connectivity index (χ1) is 9.35. The van der Waals surface area contributed by atoms with E-state index in [0.717, 1.165) is 0 Å². The van der Waals surface area contributed by atoms with E-state index in [9.17, 15) is 22.8 Å². The first-order valence-electron chi connectivity index (χ1n) is 5.64. The Morgan fingerprint density at radius 1 is 1.25 bits per heavy atom. The number of carbonyl (C=O) groups is 2. The van der Waals surface area contributed by atoms with Gasteiger partial charge in [-0.25, -0.2) is 13.2 Å². The van der Waals surface area contributed by atoms with E-state index in [1.165, 1.54) is 6.92 Å². The summed E-state index contributed by atoms with van der Waals surface area (Å²) in [6.45, 7) is 0.218. The van der Waals surface area contributed by atoms with Crippen molar-refractivity contribution in [2.45, 2.75) is 13.0 Å². The molecule has 0 bridgehead atoms. The van der Waals surface area contributed by atoms with Crippen LogP contribution in [-0.4, -0.2) is 30.1 Å². The van der Waals surface area contributed by atoms with Gasteiger partial charge < -0.3 is 15.7 Å². The summed E-state index contributed by atoms with van der Waals surface area (Å²) in [5, 5.41) is 13.6. The van der Waals surface area contributed by atoms with Crippen LogP contribution in [0.25, 0.3) is 0 Å². The van der Waals surface area contributed by atoms with Gasteiger partial charge in [0.25, 0.3) is 0 Å². The number of aliphatic hydroxyl groups is 1. The van der Waals surface area contributed by atoms with Gasteiger partial charge in [0, 0.05) is 6.92 Å². The van der Waals surface area contributed by atoms with Crippen molar-refractivity contribution in [3.63, 3.8) is 0 Å². The molecule has 1 rings (SSSR count). The van der Waals surface area contributed by atoms with Crippen molar-refractivity contribution in [1.29, 1.82) is 0 Å². The molecular formula is C12H13F3N2O3. The molecule has 1 aromatic carbocycles. The van der Waals surface area contributed by atoms with Gasteiger partial charge in [-0.05, 0) is 17.7 Å². The standard InChI is InChI=1S/C12H13F3N2O3/c1-6(19)16-4-11(20)17-10(5-18)7-2-8(13)12(15)9(14)3-7/h2-3,10,18H,4-5H2,1H3,(H,16,19)(H,17,20). The third-order valence-electron chi connectivity index (χ3n) is 2.42. The Balaban J connectivity index is 2.81. The molecule has 0 aromatic heterocycles. The number of aliphatic hydroxyl groups excluding tert-OH is 1. The molecule has 0 aliphatic carbocycles. The summed E-state index contributed by atoms with van der Waals surface area (Å²) >= 11 is 0. The van der Waals surface area contributed by atoms with Gasteiger partial charge in [0.2, 0.25) is 11.8 Å². The SMILES string of the molecule is CC(=O)NCC(=O)NC(CO)c1cc(F)c(F)c(F)c1. The number of benzene rings is 1. The van der Waals surface area contributed by atoms with Crippen LogP contribution < -0.4 is 10.6 Å². The number of halogens is 3. The van der Waals surface area contributed by atoms with Gasteiger partial charge in [0.05, 0.1) is 19.2 Å². The minimum atomic E-state index is -1.63. The lowest BCUT2D eigenvalue weighted by molar-refractivity contribution is -0.125. The van der Waals surface area contributed by atoms with Gasteiger partial charge in [0.15, 0.2) is 17.5 Å². The molecule has 1 unspecified atom stereocenters. The van der Waals surface area contributed by atoms with Crippen molar-refractivity contribution in [3.05, 3.63) is 35.1 Å². The van der Waals surface area contributed by atoms with Crippen molar-refractivity contribution in [3.8, 4) is 0 Å². The van der Waals surface area contributed by atoms with Gasteiger partial charge in [-0.1, -0.05) is 0 Å². The Morgan fingerprint density at radius 2 is 1.80 bits per heavy atom. The molecule has 0 aliphatic rings. The molecule has 0 fully saturated rings. The quantitative estimate of drug-likeness (QED) is 0.686. The molecule has 0 aliphatic heterocycles. The van der Waals surface area contributed by atoms with Crippen LogP contribution in [-0.2, 0) is 9.59 Å². The number of carbonyl (C=O) groups excluding carboxylic acids is 2. The Kier molecular flexibility index (Phi) is 5.51. The second kappa shape index (κ2) is 6.90. The third kappa shape index (κ3) is 4.23. The second-order valence-corrected chi connectivity index (χ2v) is 4.01. The fourth-order valence-electron chi connectivity index (χ4n) is 1.46. The zero-order valence-electron chi connectivity index (χ0n) is 10.5. The lowest BCUT2D eigenvalue weighted by Crippen LogP contribution is -2.39. The Bertz CT molecular complexity index is 500. The van der Waals surface area contributed by atoms with E-state index < -0.39 is 41.9 Å². The van der Waals surface area contributed by atoms with Crippen molar-refractivity contribution < 1.29 is 27.9 Å². The molecule has 2 amide bonds. The molecule has 110 valence electrons. The van der Waals surface area contributed by atoms with Gasteiger partial charge >= 0.3 is 0 Å². The average molecular weight is 290 g/mol. The van der Waals surface area contributed by atoms with Gasteiger partial charge in [0.1, 0.15) is 0 Å². The van der Waals surface area contributed by atoms with E-state index in [0.29, 0.717) is 12.1 Å². The van der Waals surface area contributed by atoms with Crippen LogP contribution in [0.4, 0.5) is 13.2 Å². The van der Waals surface area contributed by atoms with Crippen LogP contribution in [0.1, 0.15) is 18.5 Å². The van der Waals surface area contributed by atoms with E-state index >= 15 is 0 Å². The van der Waals surface area contributed by atoms with Crippen LogP contribution in [0.3, 0.4) is 0 Å². The molecule has 0 saturated heterocycles. The Morgan fingerprint density at radius 3 is 2.25 bits per heavy atom. The van der Waals surface area contributed by atoms with Crippen LogP contribution in [0, 0.1) is 17.5 Å². The molecule has 20 heavy (non-hydrogen) atoms. The van der Waals surface area contributed by atoms with Crippen molar-refractivity contribution in [2.75, 3.05) is 13.2 Å². The van der Waals surface area contributed by atoms with Crippen molar-refractivity contribution in [1.82, 2.24) is 10.6 Å². The topological polar surface area (TPSA) is 78.4 Å². The normalized spacial score (nSPS) is 11.8. The monoisotopic (exact) mass is 290 g/mol. The molecule has 1 atom stereocenters. The summed E-state index contributed by atoms with van der Waals surface area (Å²) in [4.78, 5) is 22.0. The van der Waals surface area contributed by atoms with Gasteiger partial charge in [-0.2, -0.15) is 0 Å². The molecule has 5 nitrogen and oxygen atoms in total. The number of amides is 2. The van der Waals surface area contributed by atoms with Gasteiger partial charge in [-0.15, -0.1) is 0 Å². The molecule has 8 heteroatoms. The van der Waals surface area contributed by atoms with Crippen molar-refractivity contribution >= 4 is 11.8 Å². The Labute approximate surface area is 112 Å². The summed E-state index contributed by atoms with van der Waals surface area (Å²) < 4.78 is 38.9. The fourth-order valence-corrected chi connectivity index (χ4v) is 1.46. The van der Waals surface area contributed by atoms with E-state index in [2.05, 4.69) is 10.6 Å². The predicted octanol–water partition coefficient (Wildman–Crippen LogP) is 0.390. The molecule has 0 heterocycles. The minimum Gasteiger partial charge on any atom is -0.394 e. The van der Waals surface area contributed by atoms with Crippen LogP contribution in [0.5, 0.6) is 0 Å². The third-order valence-corrected chi connectivity index (χ3v) is 2.42. The zero-order valence-corrected chi connectivity index (χ0v) is 10.5. The summed E-state index contributed by atoms with van der Waals surface area (Å²) in [5.41, 5.74) is -0.125. The van der Waals surface area contributed by atoms with E-state index in [1.54, 1.807) is 0 Å². The van der Waals surface area contributed by atoms with Crippen LogP contribution >= 0.6 is 0 Å². The largest absolute Gasteiger partial charge is 0.394 e. The minimum absolute atomic E-state index is 0.125. The van der Waals surface area contributed by atoms with E-state index in [1.807, 2.05) is 0 Å². The van der Waals surface area contributed by atoms with Crippen LogP contribution in [0.15, 0.2) is 12.1 Å². The highest BCUT2D eigenvalue weighted by atomic mass is 19.2. The molecule has 0 saturated carbocycles. The van der Waals surface area contributed by atoms with Crippen LogP contribution in [0.2, 0.25) is 0 Å². The molecule has 0 radical (unpaired) electrons. The molecular weight excluding hydrogens is 277 g/mol. The second-order valence-electron chi connectivity index (χ2n) is 4.01. The average Bonchev–Trinajstić information content (AvgIpc) is 2.39. The number of hydrogen-bond donors (Lipinski definition) is 3. The smallest absolute Gasteiger partial charge is 0.239 e. The lowest BCUT2D eigenvalue weighted by atomic mass is 10.1. The number of rotatable bonds is 5. The summed E-state index contributed by atoms with van der Waals surface area (Å²) in [6, 6.07) is 0.247. The lowest BCUT2D eigenvalue weighted by Gasteiger charge is -2.17. The highest BCUT2D eigenvalue weighted by Gasteiger charge is 2.18. The highest BCUT2D eigenvalue weighted by molar-refractivity contribution is 5.83. The predicted molar refractivity (Wildman–Crippen MR) is 63.0 cm³/mol. The summed E-state index contributed by atoms with van der Waals surface area (Å²) in [7, 11) is 0. The Hall–Kier alpha value is -2.09.